The molecule has 0 aliphatic carbocycles. The lowest BCUT2D eigenvalue weighted by Gasteiger charge is -2.06. The highest BCUT2D eigenvalue weighted by atomic mass is 32.1. The quantitative estimate of drug-likeness (QED) is 0.460. The van der Waals surface area contributed by atoms with E-state index in [4.69, 9.17) is 0 Å². The molecule has 1 aromatic heterocycles. The third kappa shape index (κ3) is 6.45. The molecular formula is C22H21FN4O3S. The second-order valence-electron chi connectivity index (χ2n) is 6.69. The highest BCUT2D eigenvalue weighted by Crippen LogP contribution is 2.28. The van der Waals surface area contributed by atoms with Crippen molar-refractivity contribution in [2.24, 2.45) is 0 Å². The van der Waals surface area contributed by atoms with Gasteiger partial charge in [-0.25, -0.2) is 9.37 Å². The minimum Gasteiger partial charge on any atom is -0.352 e. The molecule has 0 aliphatic heterocycles. The zero-order chi connectivity index (χ0) is 22.2. The fourth-order valence-electron chi connectivity index (χ4n) is 2.78. The number of thiazole rings is 1. The summed E-state index contributed by atoms with van der Waals surface area (Å²) in [6.45, 7) is 1.72. The Hall–Kier alpha value is -3.59. The predicted molar refractivity (Wildman–Crippen MR) is 118 cm³/mol. The molecule has 7 nitrogen and oxygen atoms in total. The number of benzene rings is 2. The van der Waals surface area contributed by atoms with Crippen LogP contribution in [-0.2, 0) is 9.59 Å². The van der Waals surface area contributed by atoms with Gasteiger partial charge >= 0.3 is 0 Å². The van der Waals surface area contributed by atoms with Gasteiger partial charge in [0.1, 0.15) is 5.82 Å². The Balaban J connectivity index is 1.47. The summed E-state index contributed by atoms with van der Waals surface area (Å²) in [6.07, 6.45) is 0.686. The van der Waals surface area contributed by atoms with E-state index in [2.05, 4.69) is 20.9 Å². The summed E-state index contributed by atoms with van der Waals surface area (Å²) in [4.78, 5) is 39.4. The molecule has 3 amide bonds. The summed E-state index contributed by atoms with van der Waals surface area (Å²) >= 11 is 1.19. The summed E-state index contributed by atoms with van der Waals surface area (Å²) in [5.41, 5.74) is 1.59. The highest BCUT2D eigenvalue weighted by Gasteiger charge is 2.12. The van der Waals surface area contributed by atoms with Crippen molar-refractivity contribution < 1.29 is 18.8 Å². The first-order chi connectivity index (χ1) is 14.9. The molecule has 0 atom stereocenters. The molecule has 160 valence electrons. The number of rotatable bonds is 8. The fraction of sp³-hybridized carbons (Fsp3) is 0.182. The van der Waals surface area contributed by atoms with Crippen LogP contribution in [0.1, 0.15) is 30.1 Å². The number of nitrogens with zero attached hydrogens (tertiary/aromatic N) is 1. The molecule has 2 aromatic carbocycles. The molecule has 0 bridgehead atoms. The zero-order valence-corrected chi connectivity index (χ0v) is 17.6. The Bertz CT molecular complexity index is 1090. The van der Waals surface area contributed by atoms with Crippen LogP contribution in [0.25, 0.3) is 11.3 Å². The Morgan fingerprint density at radius 3 is 2.55 bits per heavy atom. The lowest BCUT2D eigenvalue weighted by Crippen LogP contribution is -2.25. The lowest BCUT2D eigenvalue weighted by molar-refractivity contribution is -0.116. The van der Waals surface area contributed by atoms with Gasteiger partial charge < -0.3 is 16.0 Å². The Labute approximate surface area is 182 Å². The first-order valence-corrected chi connectivity index (χ1v) is 10.5. The maximum Gasteiger partial charge on any atom is 0.251 e. The van der Waals surface area contributed by atoms with Crippen molar-refractivity contribution in [3.05, 3.63) is 65.3 Å². The largest absolute Gasteiger partial charge is 0.352 e. The van der Waals surface area contributed by atoms with Crippen LogP contribution < -0.4 is 16.0 Å². The molecule has 31 heavy (non-hydrogen) atoms. The second-order valence-corrected chi connectivity index (χ2v) is 7.55. The number of aromatic nitrogens is 1. The first-order valence-electron chi connectivity index (χ1n) is 9.58. The van der Waals surface area contributed by atoms with Gasteiger partial charge in [0.15, 0.2) is 5.13 Å². The fourth-order valence-corrected chi connectivity index (χ4v) is 3.51. The van der Waals surface area contributed by atoms with Gasteiger partial charge in [-0.05, 0) is 36.8 Å². The minimum absolute atomic E-state index is 0.183. The van der Waals surface area contributed by atoms with E-state index in [1.165, 1.54) is 30.4 Å². The van der Waals surface area contributed by atoms with E-state index < -0.39 is 5.82 Å². The Morgan fingerprint density at radius 2 is 1.84 bits per heavy atom. The number of hydrogen-bond donors (Lipinski definition) is 3. The summed E-state index contributed by atoms with van der Waals surface area (Å²) in [5, 5.41) is 9.97. The van der Waals surface area contributed by atoms with E-state index in [9.17, 15) is 18.8 Å². The molecular weight excluding hydrogens is 419 g/mol. The standard InChI is InChI=1S/C22H21FN4O3S/c1-14(28)25-16-9-10-17(18(23)12-16)19-13-31-22(26-19)27-20(29)8-5-11-24-21(30)15-6-3-2-4-7-15/h2-4,6-7,9-10,12-13H,5,8,11H2,1H3,(H,24,30)(H,25,28)(H,26,27,29). The number of hydrogen-bond acceptors (Lipinski definition) is 5. The Kier molecular flexibility index (Phi) is 7.45. The summed E-state index contributed by atoms with van der Waals surface area (Å²) in [7, 11) is 0. The van der Waals surface area contributed by atoms with Crippen LogP contribution in [0, 0.1) is 5.82 Å². The van der Waals surface area contributed by atoms with Gasteiger partial charge in [0, 0.05) is 42.1 Å². The smallest absolute Gasteiger partial charge is 0.251 e. The zero-order valence-electron chi connectivity index (χ0n) is 16.8. The van der Waals surface area contributed by atoms with Gasteiger partial charge in [-0.2, -0.15) is 0 Å². The molecule has 9 heteroatoms. The number of nitrogens with one attached hydrogen (secondary N) is 3. The molecule has 0 radical (unpaired) electrons. The third-order valence-electron chi connectivity index (χ3n) is 4.22. The average molecular weight is 441 g/mol. The van der Waals surface area contributed by atoms with E-state index in [-0.39, 0.29) is 29.7 Å². The van der Waals surface area contributed by atoms with Gasteiger partial charge in [-0.3, -0.25) is 14.4 Å². The number of anilines is 2. The molecule has 0 fully saturated rings. The monoisotopic (exact) mass is 440 g/mol. The molecule has 3 N–H and O–H groups in total. The lowest BCUT2D eigenvalue weighted by atomic mass is 10.1. The molecule has 0 spiro atoms. The normalized spacial score (nSPS) is 10.4. The maximum absolute atomic E-state index is 14.3. The number of amides is 3. The first kappa shape index (κ1) is 22.1. The minimum atomic E-state index is -0.524. The van der Waals surface area contributed by atoms with E-state index in [1.54, 1.807) is 35.7 Å². The second kappa shape index (κ2) is 10.4. The van der Waals surface area contributed by atoms with Crippen molar-refractivity contribution in [2.45, 2.75) is 19.8 Å². The average Bonchev–Trinajstić information content (AvgIpc) is 3.19. The number of carbonyl (C=O) groups excluding carboxylic acids is 3. The molecule has 1 heterocycles. The Morgan fingerprint density at radius 1 is 1.06 bits per heavy atom. The molecule has 0 unspecified atom stereocenters. The SMILES string of the molecule is CC(=O)Nc1ccc(-c2csc(NC(=O)CCCNC(=O)c3ccccc3)n2)c(F)c1. The van der Waals surface area contributed by atoms with Gasteiger partial charge in [-0.15, -0.1) is 11.3 Å². The molecule has 0 saturated heterocycles. The topological polar surface area (TPSA) is 100 Å². The van der Waals surface area contributed by atoms with Crippen molar-refractivity contribution in [2.75, 3.05) is 17.2 Å². The van der Waals surface area contributed by atoms with Crippen LogP contribution >= 0.6 is 11.3 Å². The highest BCUT2D eigenvalue weighted by molar-refractivity contribution is 7.14. The third-order valence-corrected chi connectivity index (χ3v) is 4.98. The van der Waals surface area contributed by atoms with Crippen molar-refractivity contribution >= 4 is 39.9 Å². The molecule has 0 saturated carbocycles. The maximum atomic E-state index is 14.3. The summed E-state index contributed by atoms with van der Waals surface area (Å²) in [6, 6.07) is 13.2. The van der Waals surface area contributed by atoms with Crippen LogP contribution in [-0.4, -0.2) is 29.3 Å². The van der Waals surface area contributed by atoms with Gasteiger partial charge in [0.2, 0.25) is 11.8 Å². The molecule has 3 aromatic rings. The van der Waals surface area contributed by atoms with E-state index >= 15 is 0 Å². The van der Waals surface area contributed by atoms with E-state index in [0.717, 1.165) is 0 Å². The van der Waals surface area contributed by atoms with E-state index in [0.29, 0.717) is 35.0 Å². The van der Waals surface area contributed by atoms with Crippen LogP contribution in [0.5, 0.6) is 0 Å². The van der Waals surface area contributed by atoms with Gasteiger partial charge in [-0.1, -0.05) is 18.2 Å². The van der Waals surface area contributed by atoms with Crippen molar-refractivity contribution in [3.8, 4) is 11.3 Å². The summed E-state index contributed by atoms with van der Waals surface area (Å²) in [5.74, 6) is -1.23. The number of halogens is 1. The van der Waals surface area contributed by atoms with Gasteiger partial charge in [0.05, 0.1) is 5.69 Å². The van der Waals surface area contributed by atoms with Gasteiger partial charge in [0.25, 0.3) is 5.91 Å². The van der Waals surface area contributed by atoms with Crippen molar-refractivity contribution in [1.29, 1.82) is 0 Å². The number of carbonyl (C=O) groups is 3. The predicted octanol–water partition coefficient (Wildman–Crippen LogP) is 4.06. The van der Waals surface area contributed by atoms with Crippen LogP contribution in [0.2, 0.25) is 0 Å². The summed E-state index contributed by atoms with van der Waals surface area (Å²) < 4.78 is 14.3. The molecule has 3 rings (SSSR count). The van der Waals surface area contributed by atoms with Crippen LogP contribution in [0.15, 0.2) is 53.9 Å². The van der Waals surface area contributed by atoms with Crippen molar-refractivity contribution in [3.63, 3.8) is 0 Å². The van der Waals surface area contributed by atoms with E-state index in [1.807, 2.05) is 6.07 Å². The van der Waals surface area contributed by atoms with Crippen LogP contribution in [0.3, 0.4) is 0 Å². The molecule has 0 aliphatic rings. The van der Waals surface area contributed by atoms with Crippen LogP contribution in [0.4, 0.5) is 15.2 Å². The van der Waals surface area contributed by atoms with Crippen molar-refractivity contribution in [1.82, 2.24) is 10.3 Å².